The molecule has 4 N–H and O–H groups in total. The molecule has 2 aliphatic carbocycles. The average molecular weight is 261 g/mol. The first-order valence-electron chi connectivity index (χ1n) is 6.88. The van der Waals surface area contributed by atoms with Crippen LogP contribution in [0.5, 0.6) is 0 Å². The zero-order chi connectivity index (χ0) is 13.2. The second-order valence-corrected chi connectivity index (χ2v) is 5.30. The van der Waals surface area contributed by atoms with E-state index in [1.54, 1.807) is 6.07 Å². The number of nitrogens with one attached hydrogen (secondary N) is 2. The van der Waals surface area contributed by atoms with E-state index in [1.165, 1.54) is 0 Å². The number of anilines is 2. The molecular formula is C13H19N5O. The van der Waals surface area contributed by atoms with Crippen LogP contribution in [0.2, 0.25) is 0 Å². The summed E-state index contributed by atoms with van der Waals surface area (Å²) in [6.45, 7) is 1.26. The van der Waals surface area contributed by atoms with Gasteiger partial charge >= 0.3 is 0 Å². The molecule has 1 aromatic rings. The molecule has 0 aromatic carbocycles. The number of rotatable bonds is 6. The van der Waals surface area contributed by atoms with Crippen molar-refractivity contribution in [2.75, 3.05) is 24.1 Å². The largest absolute Gasteiger partial charge is 0.384 e. The van der Waals surface area contributed by atoms with Gasteiger partial charge in [-0.05, 0) is 25.7 Å². The van der Waals surface area contributed by atoms with Gasteiger partial charge in [-0.3, -0.25) is 4.79 Å². The first-order chi connectivity index (χ1) is 9.22. The second kappa shape index (κ2) is 5.03. The molecular weight excluding hydrogens is 242 g/mol. The van der Waals surface area contributed by atoms with Gasteiger partial charge in [0.05, 0.1) is 0 Å². The Bertz CT molecular complexity index is 482. The maximum atomic E-state index is 11.4. The molecule has 0 unspecified atom stereocenters. The standard InChI is InChI=1S/C13H19N5O/c14-10-7-11(18-12(17-10)8-1-2-8)15-5-6-16-13(19)9-3-4-9/h7-9H,1-6H2,(H,16,19)(H3,14,15,17,18). The van der Waals surface area contributed by atoms with E-state index in [-0.39, 0.29) is 11.8 Å². The Kier molecular flexibility index (Phi) is 3.23. The van der Waals surface area contributed by atoms with Crippen LogP contribution in [0.3, 0.4) is 0 Å². The highest BCUT2D eigenvalue weighted by molar-refractivity contribution is 5.80. The summed E-state index contributed by atoms with van der Waals surface area (Å²) in [4.78, 5) is 20.1. The van der Waals surface area contributed by atoms with Crippen LogP contribution in [-0.2, 0) is 4.79 Å². The summed E-state index contributed by atoms with van der Waals surface area (Å²) in [7, 11) is 0. The van der Waals surface area contributed by atoms with Crippen LogP contribution in [0.4, 0.5) is 11.6 Å². The third kappa shape index (κ3) is 3.33. The molecule has 1 heterocycles. The Morgan fingerprint density at radius 2 is 2.05 bits per heavy atom. The minimum Gasteiger partial charge on any atom is -0.384 e. The molecule has 3 rings (SSSR count). The topological polar surface area (TPSA) is 92.9 Å². The van der Waals surface area contributed by atoms with Gasteiger partial charge in [0.15, 0.2) is 0 Å². The number of nitrogen functional groups attached to an aromatic ring is 1. The van der Waals surface area contributed by atoms with Crippen LogP contribution < -0.4 is 16.4 Å². The van der Waals surface area contributed by atoms with Crippen molar-refractivity contribution in [1.29, 1.82) is 0 Å². The maximum Gasteiger partial charge on any atom is 0.223 e. The number of hydrogen-bond donors (Lipinski definition) is 3. The molecule has 19 heavy (non-hydrogen) atoms. The van der Waals surface area contributed by atoms with Crippen molar-refractivity contribution in [2.45, 2.75) is 31.6 Å². The van der Waals surface area contributed by atoms with Crippen LogP contribution in [0.15, 0.2) is 6.07 Å². The number of aromatic nitrogens is 2. The molecule has 1 amide bonds. The predicted octanol–water partition coefficient (Wildman–Crippen LogP) is 0.874. The molecule has 2 saturated carbocycles. The van der Waals surface area contributed by atoms with Crippen molar-refractivity contribution in [1.82, 2.24) is 15.3 Å². The van der Waals surface area contributed by atoms with E-state index in [2.05, 4.69) is 20.6 Å². The molecule has 0 radical (unpaired) electrons. The lowest BCUT2D eigenvalue weighted by Gasteiger charge is -2.08. The van der Waals surface area contributed by atoms with Gasteiger partial charge in [-0.25, -0.2) is 9.97 Å². The molecule has 0 spiro atoms. The molecule has 102 valence electrons. The average Bonchev–Trinajstić information content (AvgIpc) is 3.27. The van der Waals surface area contributed by atoms with E-state index < -0.39 is 0 Å². The Hall–Kier alpha value is -1.85. The van der Waals surface area contributed by atoms with Gasteiger partial charge in [0.25, 0.3) is 0 Å². The van der Waals surface area contributed by atoms with Crippen molar-refractivity contribution in [3.8, 4) is 0 Å². The number of nitrogens with zero attached hydrogens (tertiary/aromatic N) is 2. The van der Waals surface area contributed by atoms with Crippen LogP contribution in [0.1, 0.15) is 37.4 Å². The highest BCUT2D eigenvalue weighted by Gasteiger charge is 2.29. The highest BCUT2D eigenvalue weighted by atomic mass is 16.2. The zero-order valence-corrected chi connectivity index (χ0v) is 10.9. The van der Waals surface area contributed by atoms with Crippen LogP contribution in [0, 0.1) is 5.92 Å². The first-order valence-corrected chi connectivity index (χ1v) is 6.88. The van der Waals surface area contributed by atoms with E-state index in [1.807, 2.05) is 0 Å². The number of hydrogen-bond acceptors (Lipinski definition) is 5. The van der Waals surface area contributed by atoms with E-state index in [0.29, 0.717) is 24.8 Å². The third-order valence-corrected chi connectivity index (χ3v) is 3.38. The summed E-state index contributed by atoms with van der Waals surface area (Å²) in [6, 6.07) is 1.73. The Morgan fingerprint density at radius 1 is 1.26 bits per heavy atom. The fourth-order valence-corrected chi connectivity index (χ4v) is 1.97. The Morgan fingerprint density at radius 3 is 2.74 bits per heavy atom. The minimum atomic E-state index is 0.169. The summed E-state index contributed by atoms with van der Waals surface area (Å²) in [5, 5.41) is 6.08. The van der Waals surface area contributed by atoms with E-state index >= 15 is 0 Å². The summed E-state index contributed by atoms with van der Waals surface area (Å²) in [6.07, 6.45) is 4.37. The van der Waals surface area contributed by atoms with Crippen molar-refractivity contribution in [2.24, 2.45) is 5.92 Å². The normalized spacial score (nSPS) is 18.1. The van der Waals surface area contributed by atoms with Gasteiger partial charge in [-0.15, -0.1) is 0 Å². The number of carbonyl (C=O) groups is 1. The molecule has 0 saturated heterocycles. The maximum absolute atomic E-state index is 11.4. The van der Waals surface area contributed by atoms with Crippen molar-refractivity contribution >= 4 is 17.5 Å². The summed E-state index contributed by atoms with van der Waals surface area (Å²) in [5.41, 5.74) is 5.76. The van der Waals surface area contributed by atoms with Crippen LogP contribution in [-0.4, -0.2) is 29.0 Å². The van der Waals surface area contributed by atoms with Gasteiger partial charge in [-0.1, -0.05) is 0 Å². The zero-order valence-electron chi connectivity index (χ0n) is 10.9. The Balaban J connectivity index is 1.47. The number of amides is 1. The molecule has 0 atom stereocenters. The molecule has 2 fully saturated rings. The molecule has 6 nitrogen and oxygen atoms in total. The second-order valence-electron chi connectivity index (χ2n) is 5.30. The molecule has 0 aliphatic heterocycles. The fraction of sp³-hybridized carbons (Fsp3) is 0.615. The van der Waals surface area contributed by atoms with E-state index in [4.69, 9.17) is 5.73 Å². The predicted molar refractivity (Wildman–Crippen MR) is 72.6 cm³/mol. The summed E-state index contributed by atoms with van der Waals surface area (Å²) in [5.74, 6) is 3.00. The lowest BCUT2D eigenvalue weighted by molar-refractivity contribution is -0.122. The molecule has 0 bridgehead atoms. The molecule has 6 heteroatoms. The van der Waals surface area contributed by atoms with E-state index in [0.717, 1.165) is 37.3 Å². The van der Waals surface area contributed by atoms with E-state index in [9.17, 15) is 4.79 Å². The van der Waals surface area contributed by atoms with Crippen LogP contribution >= 0.6 is 0 Å². The van der Waals surface area contributed by atoms with Gasteiger partial charge in [0.2, 0.25) is 5.91 Å². The fourth-order valence-electron chi connectivity index (χ4n) is 1.97. The van der Waals surface area contributed by atoms with Crippen molar-refractivity contribution in [3.05, 3.63) is 11.9 Å². The highest BCUT2D eigenvalue weighted by Crippen LogP contribution is 2.38. The lowest BCUT2D eigenvalue weighted by Crippen LogP contribution is -2.30. The van der Waals surface area contributed by atoms with Gasteiger partial charge in [0.1, 0.15) is 17.5 Å². The van der Waals surface area contributed by atoms with Gasteiger partial charge < -0.3 is 16.4 Å². The third-order valence-electron chi connectivity index (χ3n) is 3.38. The van der Waals surface area contributed by atoms with Gasteiger partial charge in [-0.2, -0.15) is 0 Å². The van der Waals surface area contributed by atoms with Crippen LogP contribution in [0.25, 0.3) is 0 Å². The smallest absolute Gasteiger partial charge is 0.223 e. The van der Waals surface area contributed by atoms with Crippen molar-refractivity contribution in [3.63, 3.8) is 0 Å². The monoisotopic (exact) mass is 261 g/mol. The van der Waals surface area contributed by atoms with Crippen molar-refractivity contribution < 1.29 is 4.79 Å². The SMILES string of the molecule is Nc1cc(NCCNC(=O)C2CC2)nc(C2CC2)n1. The summed E-state index contributed by atoms with van der Waals surface area (Å²) >= 11 is 0. The molecule has 1 aromatic heterocycles. The summed E-state index contributed by atoms with van der Waals surface area (Å²) < 4.78 is 0. The number of nitrogens with two attached hydrogens (primary N) is 1. The first kappa shape index (κ1) is 12.2. The molecule has 2 aliphatic rings. The number of carbonyl (C=O) groups excluding carboxylic acids is 1. The lowest BCUT2D eigenvalue weighted by atomic mass is 10.3. The quantitative estimate of drug-likeness (QED) is 0.661. The Labute approximate surface area is 112 Å². The minimum absolute atomic E-state index is 0.169. The van der Waals surface area contributed by atoms with Gasteiger partial charge in [0, 0.05) is 31.0 Å².